The van der Waals surface area contributed by atoms with Crippen LogP contribution in [0.2, 0.25) is 0 Å². The molecule has 16 heavy (non-hydrogen) atoms. The summed E-state index contributed by atoms with van der Waals surface area (Å²) in [5.74, 6) is 4.40. The molecule has 4 fully saturated rings. The third-order valence-corrected chi connectivity index (χ3v) is 10.9. The van der Waals surface area contributed by atoms with Gasteiger partial charge in [-0.25, -0.2) is 0 Å². The molecule has 0 N–H and O–H groups in total. The van der Waals surface area contributed by atoms with Crippen molar-refractivity contribution < 1.29 is 0 Å². The van der Waals surface area contributed by atoms with Crippen LogP contribution in [0.1, 0.15) is 51.4 Å². The fourth-order valence-electron chi connectivity index (χ4n) is 5.46. The summed E-state index contributed by atoms with van der Waals surface area (Å²) in [5.41, 5.74) is 2.12. The molecule has 6 unspecified atom stereocenters. The van der Waals surface area contributed by atoms with Crippen molar-refractivity contribution in [1.29, 1.82) is 0 Å². The summed E-state index contributed by atoms with van der Waals surface area (Å²) >= 11 is 6.09. The monoisotopic (exact) mass is 254 g/mol. The van der Waals surface area contributed by atoms with Crippen molar-refractivity contribution in [3.8, 4) is 0 Å². The van der Waals surface area contributed by atoms with Crippen LogP contribution in [0, 0.1) is 23.7 Å². The van der Waals surface area contributed by atoms with Crippen LogP contribution in [0.25, 0.3) is 0 Å². The van der Waals surface area contributed by atoms with Gasteiger partial charge in [0.25, 0.3) is 0 Å². The van der Waals surface area contributed by atoms with E-state index in [1.807, 2.05) is 0 Å². The second kappa shape index (κ2) is 3.82. The Morgan fingerprint density at radius 2 is 1.19 bits per heavy atom. The Hall–Kier alpha value is 0.650. The SMILES string of the molecule is S=[PH](C1CC2CCC1C2)C1CC2CCC1C2. The molecule has 4 aliphatic carbocycles. The average molecular weight is 254 g/mol. The zero-order chi connectivity index (χ0) is 10.7. The Morgan fingerprint density at radius 3 is 1.50 bits per heavy atom. The van der Waals surface area contributed by atoms with Gasteiger partial charge in [0.05, 0.1) is 0 Å². The number of fused-ring (bicyclic) bond motifs is 4. The van der Waals surface area contributed by atoms with Crippen molar-refractivity contribution >= 4 is 18.5 Å². The fraction of sp³-hybridized carbons (Fsp3) is 1.00. The predicted octanol–water partition coefficient (Wildman–Crippen LogP) is 4.04. The lowest BCUT2D eigenvalue weighted by Gasteiger charge is -2.31. The molecule has 4 saturated carbocycles. The predicted molar refractivity (Wildman–Crippen MR) is 74.2 cm³/mol. The minimum atomic E-state index is -0.421. The quantitative estimate of drug-likeness (QED) is 0.670. The van der Waals surface area contributed by atoms with Gasteiger partial charge >= 0.3 is 0 Å². The molecule has 0 radical (unpaired) electrons. The first kappa shape index (κ1) is 10.6. The smallest absolute Gasteiger partial charge is 0.0110 e. The van der Waals surface area contributed by atoms with Gasteiger partial charge in [-0.1, -0.05) is 12.8 Å². The van der Waals surface area contributed by atoms with E-state index in [0.29, 0.717) is 0 Å². The topological polar surface area (TPSA) is 0 Å². The van der Waals surface area contributed by atoms with Crippen molar-refractivity contribution in [3.63, 3.8) is 0 Å². The van der Waals surface area contributed by atoms with E-state index in [0.717, 1.165) is 35.0 Å². The van der Waals surface area contributed by atoms with Crippen LogP contribution in [-0.2, 0) is 11.8 Å². The highest BCUT2D eigenvalue weighted by Gasteiger charge is 2.47. The van der Waals surface area contributed by atoms with E-state index in [9.17, 15) is 0 Å². The molecule has 0 aromatic heterocycles. The van der Waals surface area contributed by atoms with Gasteiger partial charge in [0, 0.05) is 0 Å². The van der Waals surface area contributed by atoms with Crippen LogP contribution in [-0.4, -0.2) is 11.3 Å². The lowest BCUT2D eigenvalue weighted by atomic mass is 10.00. The molecule has 0 aliphatic heterocycles. The van der Waals surface area contributed by atoms with E-state index in [1.165, 1.54) is 0 Å². The lowest BCUT2D eigenvalue weighted by Crippen LogP contribution is -2.21. The normalized spacial score (nSPS) is 56.0. The number of hydrogen-bond donors (Lipinski definition) is 0. The van der Waals surface area contributed by atoms with Crippen LogP contribution in [0.15, 0.2) is 0 Å². The zero-order valence-corrected chi connectivity index (χ0v) is 11.8. The molecular formula is C14H23PS. The van der Waals surface area contributed by atoms with Gasteiger partial charge in [0.15, 0.2) is 0 Å². The lowest BCUT2D eigenvalue weighted by molar-refractivity contribution is 0.466. The summed E-state index contributed by atoms with van der Waals surface area (Å²) in [6.45, 7) is -0.421. The molecule has 0 nitrogen and oxygen atoms in total. The molecule has 4 rings (SSSR count). The van der Waals surface area contributed by atoms with Gasteiger partial charge in [-0.2, -0.15) is 0 Å². The summed E-state index contributed by atoms with van der Waals surface area (Å²) < 4.78 is 0. The Bertz CT molecular complexity index is 297. The van der Waals surface area contributed by atoms with Crippen LogP contribution in [0.3, 0.4) is 0 Å². The Balaban J connectivity index is 1.50. The molecule has 0 heterocycles. The van der Waals surface area contributed by atoms with Gasteiger partial charge in [0.1, 0.15) is 0 Å². The Kier molecular flexibility index (Phi) is 2.52. The molecule has 90 valence electrons. The third kappa shape index (κ3) is 1.50. The summed E-state index contributed by atoms with van der Waals surface area (Å²) in [6, 6.07) is 0. The summed E-state index contributed by atoms with van der Waals surface area (Å²) in [4.78, 5) is 0. The summed E-state index contributed by atoms with van der Waals surface area (Å²) in [7, 11) is 0. The van der Waals surface area contributed by atoms with Gasteiger partial charge in [-0.15, -0.1) is 11.8 Å². The maximum Gasteiger partial charge on any atom is -0.0110 e. The largest absolute Gasteiger partial charge is 0.100 e. The Labute approximate surface area is 105 Å². The molecule has 0 spiro atoms. The first-order valence-corrected chi connectivity index (χ1v) is 10.1. The standard InChI is InChI=1S/C14H23PS/c16-15(13-7-9-1-3-11(13)5-9)14-8-10-2-4-12(14)6-10/h9-15H,1-8H2. The van der Waals surface area contributed by atoms with E-state index in [2.05, 4.69) is 0 Å². The summed E-state index contributed by atoms with van der Waals surface area (Å²) in [6.07, 6.45) is 12.4. The molecule has 2 heteroatoms. The molecule has 4 aliphatic rings. The summed E-state index contributed by atoms with van der Waals surface area (Å²) in [5, 5.41) is 0. The van der Waals surface area contributed by atoms with Crippen molar-refractivity contribution in [2.75, 3.05) is 0 Å². The molecule has 6 atom stereocenters. The first-order valence-electron chi connectivity index (χ1n) is 7.35. The molecule has 4 bridgehead atoms. The van der Waals surface area contributed by atoms with Crippen LogP contribution >= 0.6 is 6.70 Å². The van der Waals surface area contributed by atoms with Crippen LogP contribution < -0.4 is 0 Å². The molecule has 0 aromatic carbocycles. The van der Waals surface area contributed by atoms with Crippen molar-refractivity contribution in [2.45, 2.75) is 62.7 Å². The second-order valence-corrected chi connectivity index (χ2v) is 10.7. The minimum absolute atomic E-state index is 0.421. The van der Waals surface area contributed by atoms with Crippen molar-refractivity contribution in [2.24, 2.45) is 23.7 Å². The van der Waals surface area contributed by atoms with Gasteiger partial charge in [-0.05, 0) is 80.2 Å². The van der Waals surface area contributed by atoms with Crippen LogP contribution in [0.5, 0.6) is 0 Å². The van der Waals surface area contributed by atoms with E-state index < -0.39 is 6.70 Å². The van der Waals surface area contributed by atoms with Crippen molar-refractivity contribution in [1.82, 2.24) is 0 Å². The van der Waals surface area contributed by atoms with E-state index in [-0.39, 0.29) is 0 Å². The van der Waals surface area contributed by atoms with E-state index >= 15 is 0 Å². The highest BCUT2D eigenvalue weighted by Crippen LogP contribution is 2.62. The molecule has 0 amide bonds. The third-order valence-electron chi connectivity index (χ3n) is 6.21. The van der Waals surface area contributed by atoms with Gasteiger partial charge < -0.3 is 0 Å². The zero-order valence-electron chi connectivity index (χ0n) is 10.0. The molecular weight excluding hydrogens is 231 g/mol. The molecule has 0 saturated heterocycles. The van der Waals surface area contributed by atoms with Crippen molar-refractivity contribution in [3.05, 3.63) is 0 Å². The highest BCUT2D eigenvalue weighted by molar-refractivity contribution is 8.05. The first-order chi connectivity index (χ1) is 7.81. The Morgan fingerprint density at radius 1 is 0.688 bits per heavy atom. The average Bonchev–Trinajstić information content (AvgIpc) is 3.06. The highest BCUT2D eigenvalue weighted by atomic mass is 32.4. The minimum Gasteiger partial charge on any atom is -0.100 e. The van der Waals surface area contributed by atoms with E-state index in [1.54, 1.807) is 51.4 Å². The van der Waals surface area contributed by atoms with Crippen LogP contribution in [0.4, 0.5) is 0 Å². The second-order valence-electron chi connectivity index (χ2n) is 6.97. The fourth-order valence-corrected chi connectivity index (χ4v) is 10.4. The van der Waals surface area contributed by atoms with Gasteiger partial charge in [0.2, 0.25) is 0 Å². The van der Waals surface area contributed by atoms with E-state index in [4.69, 9.17) is 11.8 Å². The number of hydrogen-bond acceptors (Lipinski definition) is 1. The maximum atomic E-state index is 6.09. The molecule has 0 aromatic rings. The number of rotatable bonds is 2. The maximum absolute atomic E-state index is 6.09. The van der Waals surface area contributed by atoms with Gasteiger partial charge in [-0.3, -0.25) is 0 Å².